The average molecular weight is 430 g/mol. The van der Waals surface area contributed by atoms with E-state index in [0.29, 0.717) is 13.1 Å². The molecule has 2 fully saturated rings. The molecule has 8 nitrogen and oxygen atoms in total. The second-order valence-corrected chi connectivity index (χ2v) is 9.19. The first-order valence-corrected chi connectivity index (χ1v) is 11.9. The Kier molecular flexibility index (Phi) is 7.05. The summed E-state index contributed by atoms with van der Waals surface area (Å²) in [5, 5.41) is 0. The highest BCUT2D eigenvalue weighted by atomic mass is 16.2. The van der Waals surface area contributed by atoms with Crippen molar-refractivity contribution in [1.29, 1.82) is 0 Å². The van der Waals surface area contributed by atoms with Gasteiger partial charge in [-0.3, -0.25) is 23.9 Å². The number of piperidine rings is 1. The number of carbonyl (C=O) groups excluding carboxylic acids is 2. The first kappa shape index (κ1) is 22.0. The highest BCUT2D eigenvalue weighted by molar-refractivity contribution is 5.78. The molecule has 1 aromatic heterocycles. The van der Waals surface area contributed by atoms with Crippen LogP contribution in [0.5, 0.6) is 0 Å². The Bertz CT molecular complexity index is 859. The summed E-state index contributed by atoms with van der Waals surface area (Å²) in [6, 6.07) is 1.73. The Balaban J connectivity index is 1.31. The molecule has 31 heavy (non-hydrogen) atoms. The van der Waals surface area contributed by atoms with E-state index in [1.807, 2.05) is 14.4 Å². The molecule has 0 aromatic carbocycles. The van der Waals surface area contributed by atoms with E-state index in [1.165, 1.54) is 0 Å². The number of aromatic nitrogens is 2. The summed E-state index contributed by atoms with van der Waals surface area (Å²) in [6.07, 6.45) is 6.83. The first-order chi connectivity index (χ1) is 15.0. The van der Waals surface area contributed by atoms with Crippen molar-refractivity contribution in [1.82, 2.24) is 24.3 Å². The molecule has 3 aliphatic rings. The van der Waals surface area contributed by atoms with E-state index in [9.17, 15) is 14.4 Å². The minimum Gasteiger partial charge on any atom is -0.342 e. The summed E-state index contributed by atoms with van der Waals surface area (Å²) in [5.41, 5.74) is 1.00. The van der Waals surface area contributed by atoms with Gasteiger partial charge in [0.1, 0.15) is 5.82 Å². The molecule has 0 saturated carbocycles. The summed E-state index contributed by atoms with van der Waals surface area (Å²) in [4.78, 5) is 47.9. The van der Waals surface area contributed by atoms with E-state index >= 15 is 0 Å². The molecule has 170 valence electrons. The third-order valence-electron chi connectivity index (χ3n) is 7.05. The van der Waals surface area contributed by atoms with Crippen LogP contribution in [0, 0.1) is 0 Å². The quantitative estimate of drug-likeness (QED) is 0.722. The van der Waals surface area contributed by atoms with Gasteiger partial charge in [0.05, 0.1) is 12.2 Å². The van der Waals surface area contributed by atoms with Crippen LogP contribution in [0.3, 0.4) is 0 Å². The fraction of sp³-hybridized carbons (Fsp3) is 0.739. The monoisotopic (exact) mass is 429 g/mol. The fourth-order valence-corrected chi connectivity index (χ4v) is 5.10. The zero-order valence-corrected chi connectivity index (χ0v) is 18.7. The molecule has 0 unspecified atom stereocenters. The molecular weight excluding hydrogens is 394 g/mol. The van der Waals surface area contributed by atoms with Crippen molar-refractivity contribution in [2.45, 2.75) is 64.3 Å². The Labute approximate surface area is 184 Å². The maximum absolute atomic E-state index is 12.9. The Morgan fingerprint density at radius 1 is 0.935 bits per heavy atom. The molecule has 0 N–H and O–H groups in total. The van der Waals surface area contributed by atoms with Gasteiger partial charge in [0.2, 0.25) is 11.8 Å². The van der Waals surface area contributed by atoms with Gasteiger partial charge in [0, 0.05) is 71.1 Å². The first-order valence-electron chi connectivity index (χ1n) is 11.9. The molecule has 1 aromatic rings. The van der Waals surface area contributed by atoms with Gasteiger partial charge in [0.15, 0.2) is 0 Å². The molecule has 3 aliphatic heterocycles. The summed E-state index contributed by atoms with van der Waals surface area (Å²) >= 11 is 0. The number of carbonyl (C=O) groups is 2. The van der Waals surface area contributed by atoms with Crippen molar-refractivity contribution >= 4 is 11.8 Å². The molecular formula is C23H35N5O3. The lowest BCUT2D eigenvalue weighted by Crippen LogP contribution is -2.45. The summed E-state index contributed by atoms with van der Waals surface area (Å²) in [5.74, 6) is 1.48. The summed E-state index contributed by atoms with van der Waals surface area (Å²) in [7, 11) is 0. The van der Waals surface area contributed by atoms with Crippen molar-refractivity contribution in [3.05, 3.63) is 27.9 Å². The molecule has 2 saturated heterocycles. The SMILES string of the molecule is CC(=O)N1CCCN(CC(=O)N2CCC(c3cc(=O)n4c(n3)CCCCC4)CC2)CC1. The van der Waals surface area contributed by atoms with Crippen LogP contribution in [0.25, 0.3) is 0 Å². The van der Waals surface area contributed by atoms with E-state index in [2.05, 4.69) is 4.90 Å². The van der Waals surface area contributed by atoms with Crippen LogP contribution in [0.1, 0.15) is 62.9 Å². The Hall–Kier alpha value is -2.22. The van der Waals surface area contributed by atoms with E-state index in [4.69, 9.17) is 4.98 Å². The molecule has 4 heterocycles. The van der Waals surface area contributed by atoms with E-state index in [0.717, 1.165) is 95.7 Å². The number of likely N-dealkylation sites (tertiary alicyclic amines) is 1. The van der Waals surface area contributed by atoms with Crippen molar-refractivity contribution in [2.24, 2.45) is 0 Å². The zero-order chi connectivity index (χ0) is 21.8. The lowest BCUT2D eigenvalue weighted by atomic mass is 9.93. The number of rotatable bonds is 3. The smallest absolute Gasteiger partial charge is 0.253 e. The third-order valence-corrected chi connectivity index (χ3v) is 7.05. The van der Waals surface area contributed by atoms with E-state index in [-0.39, 0.29) is 23.3 Å². The molecule has 4 rings (SSSR count). The van der Waals surface area contributed by atoms with Crippen LogP contribution in [0.2, 0.25) is 0 Å². The highest BCUT2D eigenvalue weighted by Crippen LogP contribution is 2.27. The number of hydrogen-bond acceptors (Lipinski definition) is 5. The van der Waals surface area contributed by atoms with Gasteiger partial charge in [0.25, 0.3) is 5.56 Å². The van der Waals surface area contributed by atoms with Crippen LogP contribution >= 0.6 is 0 Å². The summed E-state index contributed by atoms with van der Waals surface area (Å²) in [6.45, 7) is 7.35. The predicted molar refractivity (Wildman–Crippen MR) is 118 cm³/mol. The van der Waals surface area contributed by atoms with Gasteiger partial charge < -0.3 is 9.80 Å². The maximum Gasteiger partial charge on any atom is 0.253 e. The fourth-order valence-electron chi connectivity index (χ4n) is 5.10. The van der Waals surface area contributed by atoms with Crippen LogP contribution in [-0.4, -0.2) is 81.9 Å². The van der Waals surface area contributed by atoms with Crippen molar-refractivity contribution in [3.8, 4) is 0 Å². The van der Waals surface area contributed by atoms with E-state index < -0.39 is 0 Å². The minimum atomic E-state index is 0.0844. The maximum atomic E-state index is 12.9. The van der Waals surface area contributed by atoms with Crippen molar-refractivity contribution in [3.63, 3.8) is 0 Å². The normalized spacial score (nSPS) is 21.3. The third kappa shape index (κ3) is 5.34. The van der Waals surface area contributed by atoms with Gasteiger partial charge in [-0.25, -0.2) is 4.98 Å². The van der Waals surface area contributed by atoms with Crippen molar-refractivity contribution < 1.29 is 9.59 Å². The second-order valence-electron chi connectivity index (χ2n) is 9.19. The lowest BCUT2D eigenvalue weighted by molar-refractivity contribution is -0.133. The largest absolute Gasteiger partial charge is 0.342 e. The summed E-state index contributed by atoms with van der Waals surface area (Å²) < 4.78 is 1.85. The van der Waals surface area contributed by atoms with Crippen LogP contribution in [0.15, 0.2) is 10.9 Å². The molecule has 0 bridgehead atoms. The molecule has 0 radical (unpaired) electrons. The molecule has 0 spiro atoms. The van der Waals surface area contributed by atoms with Gasteiger partial charge in [-0.15, -0.1) is 0 Å². The molecule has 8 heteroatoms. The topological polar surface area (TPSA) is 78.8 Å². The number of nitrogens with zero attached hydrogens (tertiary/aromatic N) is 5. The molecule has 2 amide bonds. The van der Waals surface area contributed by atoms with Crippen LogP contribution in [-0.2, 0) is 22.6 Å². The minimum absolute atomic E-state index is 0.0844. The van der Waals surface area contributed by atoms with Crippen LogP contribution < -0.4 is 5.56 Å². The predicted octanol–water partition coefficient (Wildman–Crippen LogP) is 1.23. The van der Waals surface area contributed by atoms with Crippen molar-refractivity contribution in [2.75, 3.05) is 45.8 Å². The molecule has 0 aliphatic carbocycles. The zero-order valence-electron chi connectivity index (χ0n) is 18.7. The highest BCUT2D eigenvalue weighted by Gasteiger charge is 2.27. The number of aryl methyl sites for hydroxylation is 1. The second kappa shape index (κ2) is 9.94. The van der Waals surface area contributed by atoms with Crippen LogP contribution in [0.4, 0.5) is 0 Å². The van der Waals surface area contributed by atoms with Gasteiger partial charge >= 0.3 is 0 Å². The number of hydrogen-bond donors (Lipinski definition) is 0. The Morgan fingerprint density at radius 2 is 1.74 bits per heavy atom. The van der Waals surface area contributed by atoms with Gasteiger partial charge in [-0.05, 0) is 32.1 Å². The lowest BCUT2D eigenvalue weighted by Gasteiger charge is -2.33. The van der Waals surface area contributed by atoms with Gasteiger partial charge in [-0.1, -0.05) is 6.42 Å². The number of amides is 2. The molecule has 0 atom stereocenters. The Morgan fingerprint density at radius 3 is 2.52 bits per heavy atom. The standard InChI is InChI=1S/C23H35N5O3/c1-18(29)26-10-5-9-25(14-15-26)17-23(31)27-12-7-19(8-13-27)20-16-22(30)28-11-4-2-3-6-21(28)24-20/h16,19H,2-15,17H2,1H3. The van der Waals surface area contributed by atoms with E-state index in [1.54, 1.807) is 13.0 Å². The van der Waals surface area contributed by atoms with Gasteiger partial charge in [-0.2, -0.15) is 0 Å². The average Bonchev–Trinajstić information content (AvgIpc) is 3.15. The number of fused-ring (bicyclic) bond motifs is 1.